The Labute approximate surface area is 146 Å². The van der Waals surface area contributed by atoms with Crippen molar-refractivity contribution in [2.24, 2.45) is 0 Å². The lowest BCUT2D eigenvalue weighted by Gasteiger charge is -2.37. The van der Waals surface area contributed by atoms with E-state index in [2.05, 4.69) is 17.1 Å². The molecule has 0 aromatic carbocycles. The number of nitrogens with zero attached hydrogens (tertiary/aromatic N) is 2. The average Bonchev–Trinajstić information content (AvgIpc) is 2.48. The summed E-state index contributed by atoms with van der Waals surface area (Å²) in [7, 11) is 1.96. The van der Waals surface area contributed by atoms with Crippen molar-refractivity contribution in [1.29, 1.82) is 0 Å². The molecule has 22 heavy (non-hydrogen) atoms. The highest BCUT2D eigenvalue weighted by Crippen LogP contribution is 2.17. The molecule has 5 nitrogen and oxygen atoms in total. The monoisotopic (exact) mass is 355 g/mol. The van der Waals surface area contributed by atoms with E-state index in [9.17, 15) is 4.79 Å². The van der Waals surface area contributed by atoms with Gasteiger partial charge in [0.05, 0.1) is 19.1 Å². The minimum absolute atomic E-state index is 0. The van der Waals surface area contributed by atoms with Crippen LogP contribution in [0.3, 0.4) is 0 Å². The minimum atomic E-state index is 0. The van der Waals surface area contributed by atoms with Crippen molar-refractivity contribution in [3.63, 3.8) is 0 Å². The number of piperidine rings is 1. The van der Waals surface area contributed by atoms with E-state index in [0.29, 0.717) is 12.5 Å². The van der Waals surface area contributed by atoms with Crippen LogP contribution in [0.5, 0.6) is 0 Å². The van der Waals surface area contributed by atoms with Gasteiger partial charge in [0.15, 0.2) is 0 Å². The molecule has 0 bridgehead atoms. The third kappa shape index (κ3) is 6.59. The number of nitrogens with one attached hydrogen (secondary N) is 1. The van der Waals surface area contributed by atoms with Gasteiger partial charge in [0.25, 0.3) is 0 Å². The number of morpholine rings is 1. The summed E-state index contributed by atoms with van der Waals surface area (Å²) in [6, 6.07) is 0.409. The van der Waals surface area contributed by atoms with Gasteiger partial charge in [-0.1, -0.05) is 6.92 Å². The fourth-order valence-electron chi connectivity index (χ4n) is 3.14. The van der Waals surface area contributed by atoms with Crippen LogP contribution in [-0.2, 0) is 9.53 Å². The predicted molar refractivity (Wildman–Crippen MR) is 94.2 cm³/mol. The van der Waals surface area contributed by atoms with E-state index in [1.807, 2.05) is 11.9 Å². The normalized spacial score (nSPS) is 23.3. The summed E-state index contributed by atoms with van der Waals surface area (Å²) in [5.41, 5.74) is 0. The van der Waals surface area contributed by atoms with Crippen LogP contribution in [0.25, 0.3) is 0 Å². The lowest BCUT2D eigenvalue weighted by Crippen LogP contribution is -2.47. The van der Waals surface area contributed by atoms with Gasteiger partial charge in [0.1, 0.15) is 0 Å². The predicted octanol–water partition coefficient (Wildman–Crippen LogP) is 1.54. The summed E-state index contributed by atoms with van der Waals surface area (Å²) < 4.78 is 5.62. The molecule has 132 valence electrons. The summed E-state index contributed by atoms with van der Waals surface area (Å²) in [5.74, 6) is 0.229. The minimum Gasteiger partial charge on any atom is -0.375 e. The van der Waals surface area contributed by atoms with Gasteiger partial charge in [0.2, 0.25) is 5.91 Å². The van der Waals surface area contributed by atoms with Gasteiger partial charge < -0.3 is 19.9 Å². The van der Waals surface area contributed by atoms with Crippen LogP contribution in [0, 0.1) is 0 Å². The highest BCUT2D eigenvalue weighted by atomic mass is 35.5. The Morgan fingerprint density at radius 3 is 2.55 bits per heavy atom. The molecule has 1 unspecified atom stereocenters. The fraction of sp³-hybridized carbons (Fsp3) is 0.933. The molecule has 2 rings (SSSR count). The molecule has 2 aliphatic rings. The van der Waals surface area contributed by atoms with Crippen LogP contribution in [0.4, 0.5) is 0 Å². The molecule has 0 saturated carbocycles. The standard InChI is InChI=1S/C15H29N3O2.2ClH/c1-3-7-18-8-4-13(5-9-18)17(2)15(19)11-14-12-16-6-10-20-14;;/h13-14,16H,3-12H2,1-2H3;2*1H. The zero-order valence-electron chi connectivity index (χ0n) is 13.8. The molecule has 0 aromatic rings. The van der Waals surface area contributed by atoms with Gasteiger partial charge in [-0.25, -0.2) is 0 Å². The second-order valence-electron chi connectivity index (χ2n) is 5.98. The lowest BCUT2D eigenvalue weighted by molar-refractivity contribution is -0.136. The van der Waals surface area contributed by atoms with Crippen molar-refractivity contribution in [3.05, 3.63) is 0 Å². The highest BCUT2D eigenvalue weighted by molar-refractivity contribution is 5.85. The van der Waals surface area contributed by atoms with Crippen LogP contribution in [0.2, 0.25) is 0 Å². The number of halogens is 2. The maximum absolute atomic E-state index is 12.3. The molecule has 0 aromatic heterocycles. The largest absolute Gasteiger partial charge is 0.375 e. The SMILES string of the molecule is CCCN1CCC(N(C)C(=O)CC2CNCCO2)CC1.Cl.Cl. The first kappa shape index (κ1) is 21.9. The third-order valence-corrected chi connectivity index (χ3v) is 4.44. The lowest BCUT2D eigenvalue weighted by atomic mass is 10.0. The number of rotatable bonds is 5. The topological polar surface area (TPSA) is 44.8 Å². The molecule has 2 fully saturated rings. The van der Waals surface area contributed by atoms with Crippen molar-refractivity contribution >= 4 is 30.7 Å². The molecule has 7 heteroatoms. The van der Waals surface area contributed by atoms with E-state index in [4.69, 9.17) is 4.74 Å². The Hall–Kier alpha value is -0.0700. The number of hydrogen-bond donors (Lipinski definition) is 1. The van der Waals surface area contributed by atoms with Gasteiger partial charge in [-0.05, 0) is 25.8 Å². The van der Waals surface area contributed by atoms with E-state index in [1.165, 1.54) is 13.0 Å². The molecule has 1 N–H and O–H groups in total. The van der Waals surface area contributed by atoms with Gasteiger partial charge in [0, 0.05) is 39.3 Å². The molecular weight excluding hydrogens is 325 g/mol. The van der Waals surface area contributed by atoms with E-state index in [1.54, 1.807) is 0 Å². The molecular formula is C15H31Cl2N3O2. The van der Waals surface area contributed by atoms with Crippen molar-refractivity contribution in [1.82, 2.24) is 15.1 Å². The van der Waals surface area contributed by atoms with Crippen molar-refractivity contribution in [2.45, 2.75) is 44.8 Å². The van der Waals surface area contributed by atoms with Crippen LogP contribution < -0.4 is 5.32 Å². The zero-order chi connectivity index (χ0) is 14.4. The Morgan fingerprint density at radius 1 is 1.32 bits per heavy atom. The second kappa shape index (κ2) is 11.5. The van der Waals surface area contributed by atoms with Crippen LogP contribution >= 0.6 is 24.8 Å². The number of likely N-dealkylation sites (tertiary alicyclic amines) is 1. The number of hydrogen-bond acceptors (Lipinski definition) is 4. The van der Waals surface area contributed by atoms with Crippen molar-refractivity contribution < 1.29 is 9.53 Å². The molecule has 2 aliphatic heterocycles. The van der Waals surface area contributed by atoms with Crippen molar-refractivity contribution in [3.8, 4) is 0 Å². The van der Waals surface area contributed by atoms with Gasteiger partial charge >= 0.3 is 0 Å². The summed E-state index contributed by atoms with van der Waals surface area (Å²) in [6.45, 7) is 8.07. The summed E-state index contributed by atoms with van der Waals surface area (Å²) in [4.78, 5) is 16.8. The first-order valence-corrected chi connectivity index (χ1v) is 8.01. The number of carbonyl (C=O) groups is 1. The van der Waals surface area contributed by atoms with E-state index >= 15 is 0 Å². The second-order valence-corrected chi connectivity index (χ2v) is 5.98. The van der Waals surface area contributed by atoms with E-state index in [0.717, 1.165) is 45.6 Å². The maximum Gasteiger partial charge on any atom is 0.225 e. The number of ether oxygens (including phenoxy) is 1. The van der Waals surface area contributed by atoms with Crippen molar-refractivity contribution in [2.75, 3.05) is 46.4 Å². The van der Waals surface area contributed by atoms with E-state index in [-0.39, 0.29) is 36.8 Å². The van der Waals surface area contributed by atoms with Crippen LogP contribution in [-0.4, -0.2) is 74.2 Å². The quantitative estimate of drug-likeness (QED) is 0.812. The molecule has 1 atom stereocenters. The summed E-state index contributed by atoms with van der Waals surface area (Å²) in [6.07, 6.45) is 3.99. The summed E-state index contributed by atoms with van der Waals surface area (Å²) >= 11 is 0. The fourth-order valence-corrected chi connectivity index (χ4v) is 3.14. The first-order valence-electron chi connectivity index (χ1n) is 8.01. The first-order chi connectivity index (χ1) is 9.70. The Kier molecular flexibility index (Phi) is 11.4. The molecule has 0 aliphatic carbocycles. The highest BCUT2D eigenvalue weighted by Gasteiger charge is 2.27. The molecule has 0 spiro atoms. The number of amides is 1. The Bertz CT molecular complexity index is 307. The maximum atomic E-state index is 12.3. The van der Waals surface area contributed by atoms with Crippen LogP contribution in [0.15, 0.2) is 0 Å². The third-order valence-electron chi connectivity index (χ3n) is 4.44. The van der Waals surface area contributed by atoms with Gasteiger partial charge in [-0.2, -0.15) is 0 Å². The van der Waals surface area contributed by atoms with Gasteiger partial charge in [-0.3, -0.25) is 4.79 Å². The Morgan fingerprint density at radius 2 is 2.00 bits per heavy atom. The van der Waals surface area contributed by atoms with E-state index < -0.39 is 0 Å². The summed E-state index contributed by atoms with van der Waals surface area (Å²) in [5, 5.41) is 3.28. The zero-order valence-corrected chi connectivity index (χ0v) is 15.4. The molecule has 2 saturated heterocycles. The number of carbonyl (C=O) groups excluding carboxylic acids is 1. The van der Waals surface area contributed by atoms with Crippen LogP contribution in [0.1, 0.15) is 32.6 Å². The molecule has 2 heterocycles. The van der Waals surface area contributed by atoms with Gasteiger partial charge in [-0.15, -0.1) is 24.8 Å². The molecule has 0 radical (unpaired) electrons. The average molecular weight is 356 g/mol. The Balaban J connectivity index is 0.00000220. The molecule has 1 amide bonds. The smallest absolute Gasteiger partial charge is 0.225 e.